The van der Waals surface area contributed by atoms with E-state index in [1.807, 2.05) is 5.38 Å². The van der Waals surface area contributed by atoms with Crippen LogP contribution in [0.1, 0.15) is 54.2 Å². The predicted octanol–water partition coefficient (Wildman–Crippen LogP) is 6.03. The zero-order valence-corrected chi connectivity index (χ0v) is 20.1. The number of anilines is 1. The Kier molecular flexibility index (Phi) is 8.13. The van der Waals surface area contributed by atoms with Crippen molar-refractivity contribution in [2.45, 2.75) is 51.0 Å². The van der Waals surface area contributed by atoms with Crippen LogP contribution in [0.25, 0.3) is 11.3 Å². The number of hydrogen-bond acceptors (Lipinski definition) is 5. The highest BCUT2D eigenvalue weighted by Gasteiger charge is 2.15. The molecule has 0 saturated heterocycles. The molecule has 0 bridgehead atoms. The molecule has 2 aromatic carbocycles. The van der Waals surface area contributed by atoms with E-state index >= 15 is 0 Å². The van der Waals surface area contributed by atoms with Gasteiger partial charge >= 0.3 is 5.97 Å². The molecule has 0 unspecified atom stereocenters. The first kappa shape index (κ1) is 23.5. The maximum atomic E-state index is 10.8. The van der Waals surface area contributed by atoms with Crippen LogP contribution in [-0.2, 0) is 17.8 Å². The Hall–Kier alpha value is -2.70. The molecular weight excluding hydrogens is 430 g/mol. The van der Waals surface area contributed by atoms with Gasteiger partial charge < -0.3 is 10.4 Å². The SMILES string of the molecule is CN(CC(=O)O)Cc1nc(-c2ccc(NCCc3ccc(C4CCCCC4)cc3)cc2)cs1. The molecule has 1 aliphatic rings. The van der Waals surface area contributed by atoms with Crippen LogP contribution < -0.4 is 5.32 Å². The van der Waals surface area contributed by atoms with E-state index in [0.717, 1.165) is 40.8 Å². The van der Waals surface area contributed by atoms with Crippen LogP contribution in [-0.4, -0.2) is 41.1 Å². The summed E-state index contributed by atoms with van der Waals surface area (Å²) < 4.78 is 0. The van der Waals surface area contributed by atoms with Crippen molar-refractivity contribution >= 4 is 23.0 Å². The lowest BCUT2D eigenvalue weighted by molar-refractivity contribution is -0.138. The van der Waals surface area contributed by atoms with Crippen LogP contribution in [0.2, 0.25) is 0 Å². The van der Waals surface area contributed by atoms with Crippen LogP contribution >= 0.6 is 11.3 Å². The summed E-state index contributed by atoms with van der Waals surface area (Å²) in [7, 11) is 1.79. The van der Waals surface area contributed by atoms with Crippen molar-refractivity contribution in [1.29, 1.82) is 0 Å². The molecule has 0 radical (unpaired) electrons. The number of aromatic nitrogens is 1. The highest BCUT2D eigenvalue weighted by Crippen LogP contribution is 2.32. The molecule has 1 aromatic heterocycles. The summed E-state index contributed by atoms with van der Waals surface area (Å²) in [5.41, 5.74) is 6.00. The van der Waals surface area contributed by atoms with E-state index < -0.39 is 5.97 Å². The van der Waals surface area contributed by atoms with Crippen molar-refractivity contribution < 1.29 is 9.90 Å². The zero-order chi connectivity index (χ0) is 23.0. The van der Waals surface area contributed by atoms with Crippen LogP contribution in [0.5, 0.6) is 0 Å². The molecule has 0 aliphatic heterocycles. The monoisotopic (exact) mass is 463 g/mol. The minimum Gasteiger partial charge on any atom is -0.480 e. The first-order valence-electron chi connectivity index (χ1n) is 11.8. The fourth-order valence-electron chi connectivity index (χ4n) is 4.54. The number of carboxylic acids is 1. The van der Waals surface area contributed by atoms with Gasteiger partial charge in [-0.15, -0.1) is 11.3 Å². The van der Waals surface area contributed by atoms with E-state index in [-0.39, 0.29) is 6.54 Å². The van der Waals surface area contributed by atoms with Gasteiger partial charge in [-0.1, -0.05) is 55.7 Å². The van der Waals surface area contributed by atoms with Gasteiger partial charge in [0.2, 0.25) is 0 Å². The van der Waals surface area contributed by atoms with Gasteiger partial charge in [-0.2, -0.15) is 0 Å². The molecule has 4 rings (SSSR count). The van der Waals surface area contributed by atoms with Gasteiger partial charge in [0.15, 0.2) is 0 Å². The van der Waals surface area contributed by atoms with Crippen LogP contribution in [0, 0.1) is 0 Å². The number of nitrogens with zero attached hydrogens (tertiary/aromatic N) is 2. The summed E-state index contributed by atoms with van der Waals surface area (Å²) in [6.45, 7) is 1.46. The lowest BCUT2D eigenvalue weighted by atomic mass is 9.84. The molecule has 6 heteroatoms. The molecule has 1 heterocycles. The van der Waals surface area contributed by atoms with Gasteiger partial charge in [0.1, 0.15) is 5.01 Å². The third-order valence-electron chi connectivity index (χ3n) is 6.34. The van der Waals surface area contributed by atoms with Gasteiger partial charge in [0.25, 0.3) is 0 Å². The van der Waals surface area contributed by atoms with Crippen molar-refractivity contribution in [1.82, 2.24) is 9.88 Å². The number of aliphatic carboxylic acids is 1. The number of thiazole rings is 1. The molecule has 0 spiro atoms. The Morgan fingerprint density at radius 3 is 2.52 bits per heavy atom. The number of benzene rings is 2. The average molecular weight is 464 g/mol. The minimum atomic E-state index is -0.825. The first-order chi connectivity index (χ1) is 16.1. The molecule has 3 aromatic rings. The Morgan fingerprint density at radius 2 is 1.82 bits per heavy atom. The predicted molar refractivity (Wildman–Crippen MR) is 136 cm³/mol. The molecule has 1 aliphatic carbocycles. The van der Waals surface area contributed by atoms with Gasteiger partial charge in [0, 0.05) is 23.2 Å². The largest absolute Gasteiger partial charge is 0.480 e. The zero-order valence-electron chi connectivity index (χ0n) is 19.3. The highest BCUT2D eigenvalue weighted by molar-refractivity contribution is 7.09. The second kappa shape index (κ2) is 11.4. The molecule has 5 nitrogen and oxygen atoms in total. The van der Waals surface area contributed by atoms with E-state index in [0.29, 0.717) is 6.54 Å². The van der Waals surface area contributed by atoms with E-state index in [2.05, 4.69) is 58.8 Å². The van der Waals surface area contributed by atoms with Crippen LogP contribution in [0.4, 0.5) is 5.69 Å². The number of nitrogens with one attached hydrogen (secondary N) is 1. The summed E-state index contributed by atoms with van der Waals surface area (Å²) in [4.78, 5) is 17.2. The summed E-state index contributed by atoms with van der Waals surface area (Å²) in [5, 5.41) is 15.4. The summed E-state index contributed by atoms with van der Waals surface area (Å²) in [6, 6.07) is 17.6. The van der Waals surface area contributed by atoms with E-state index in [1.165, 1.54) is 43.2 Å². The third kappa shape index (κ3) is 6.89. The lowest BCUT2D eigenvalue weighted by Gasteiger charge is -2.22. The van der Waals surface area contributed by atoms with Gasteiger partial charge in [0.05, 0.1) is 18.8 Å². The van der Waals surface area contributed by atoms with E-state index in [9.17, 15) is 4.79 Å². The third-order valence-corrected chi connectivity index (χ3v) is 7.18. The number of hydrogen-bond donors (Lipinski definition) is 2. The fourth-order valence-corrected chi connectivity index (χ4v) is 5.42. The van der Waals surface area contributed by atoms with E-state index in [4.69, 9.17) is 5.11 Å². The lowest BCUT2D eigenvalue weighted by Crippen LogP contribution is -2.24. The molecule has 1 saturated carbocycles. The van der Waals surface area contributed by atoms with Crippen molar-refractivity contribution in [2.75, 3.05) is 25.5 Å². The molecule has 33 heavy (non-hydrogen) atoms. The highest BCUT2D eigenvalue weighted by atomic mass is 32.1. The Balaban J connectivity index is 1.25. The maximum absolute atomic E-state index is 10.8. The van der Waals surface area contributed by atoms with Gasteiger partial charge in [-0.3, -0.25) is 9.69 Å². The number of likely N-dealkylation sites (N-methyl/N-ethyl adjacent to an activating group) is 1. The first-order valence-corrected chi connectivity index (χ1v) is 12.7. The summed E-state index contributed by atoms with van der Waals surface area (Å²) in [5.74, 6) is -0.0577. The molecule has 174 valence electrons. The number of carboxylic acid groups (broad SMARTS) is 1. The van der Waals surface area contributed by atoms with Crippen LogP contribution in [0.3, 0.4) is 0 Å². The molecule has 0 atom stereocenters. The van der Waals surface area contributed by atoms with Crippen LogP contribution in [0.15, 0.2) is 53.9 Å². The van der Waals surface area contributed by atoms with Crippen molar-refractivity contribution in [3.8, 4) is 11.3 Å². The second-order valence-electron chi connectivity index (χ2n) is 9.02. The molecule has 0 amide bonds. The second-order valence-corrected chi connectivity index (χ2v) is 9.97. The van der Waals surface area contributed by atoms with E-state index in [1.54, 1.807) is 23.3 Å². The number of carbonyl (C=O) groups is 1. The topological polar surface area (TPSA) is 65.5 Å². The van der Waals surface area contributed by atoms with Crippen molar-refractivity contribution in [3.63, 3.8) is 0 Å². The fraction of sp³-hybridized carbons (Fsp3) is 0.407. The molecule has 1 fully saturated rings. The van der Waals surface area contributed by atoms with Gasteiger partial charge in [-0.25, -0.2) is 4.98 Å². The quantitative estimate of drug-likeness (QED) is 0.384. The number of rotatable bonds is 10. The Morgan fingerprint density at radius 1 is 1.09 bits per heavy atom. The minimum absolute atomic E-state index is 0.0138. The smallest absolute Gasteiger partial charge is 0.317 e. The summed E-state index contributed by atoms with van der Waals surface area (Å²) >= 11 is 1.56. The summed E-state index contributed by atoms with van der Waals surface area (Å²) in [6.07, 6.45) is 7.86. The van der Waals surface area contributed by atoms with Gasteiger partial charge in [-0.05, 0) is 55.5 Å². The van der Waals surface area contributed by atoms with Crippen molar-refractivity contribution in [3.05, 3.63) is 70.0 Å². The molecular formula is C27H33N3O2S. The Labute approximate surface area is 200 Å². The molecule has 2 N–H and O–H groups in total. The average Bonchev–Trinajstić information content (AvgIpc) is 3.28. The van der Waals surface area contributed by atoms with Crippen molar-refractivity contribution in [2.24, 2.45) is 0 Å². The Bertz CT molecular complexity index is 1020. The normalized spacial score (nSPS) is 14.5. The maximum Gasteiger partial charge on any atom is 0.317 e. The standard InChI is InChI=1S/C27H33N3O2S/c1-30(18-27(31)32)17-26-29-25(19-33-26)23-11-13-24(14-12-23)28-16-15-20-7-9-22(10-8-20)21-5-3-2-4-6-21/h7-14,19,21,28H,2-6,15-18H2,1H3,(H,31,32).